The lowest BCUT2D eigenvalue weighted by Crippen LogP contribution is -2.51. The normalized spacial score (nSPS) is 20.4. The van der Waals surface area contributed by atoms with Crippen molar-refractivity contribution < 1.29 is 8.42 Å². The van der Waals surface area contributed by atoms with Crippen LogP contribution in [0.2, 0.25) is 0 Å². The van der Waals surface area contributed by atoms with Crippen LogP contribution in [0.25, 0.3) is 0 Å². The lowest BCUT2D eigenvalue weighted by atomic mass is 9.97. The quantitative estimate of drug-likeness (QED) is 0.502. The molecule has 0 atom stereocenters. The topological polar surface area (TPSA) is 99.3 Å². The monoisotopic (exact) mass is 262 g/mol. The fourth-order valence-electron chi connectivity index (χ4n) is 1.86. The zero-order chi connectivity index (χ0) is 13.3. The van der Waals surface area contributed by atoms with Crippen LogP contribution in [-0.4, -0.2) is 37.2 Å². The molecule has 1 heterocycles. The lowest BCUT2D eigenvalue weighted by molar-refractivity contribution is 0.305. The van der Waals surface area contributed by atoms with Crippen LogP contribution in [0.3, 0.4) is 0 Å². The van der Waals surface area contributed by atoms with Crippen molar-refractivity contribution in [1.29, 1.82) is 5.41 Å². The van der Waals surface area contributed by atoms with Gasteiger partial charge in [0.2, 0.25) is 0 Å². The number of nitrogens with zero attached hydrogens (tertiary/aromatic N) is 1. The highest BCUT2D eigenvalue weighted by Crippen LogP contribution is 2.19. The third-order valence-corrected chi connectivity index (χ3v) is 4.58. The Balaban J connectivity index is 2.62. The second kappa shape index (κ2) is 4.91. The van der Waals surface area contributed by atoms with Crippen molar-refractivity contribution in [3.8, 4) is 0 Å². The summed E-state index contributed by atoms with van der Waals surface area (Å²) in [6.45, 7) is 6.29. The van der Waals surface area contributed by atoms with E-state index in [2.05, 4.69) is 4.72 Å². The van der Waals surface area contributed by atoms with E-state index in [1.54, 1.807) is 0 Å². The van der Waals surface area contributed by atoms with Gasteiger partial charge in [-0.3, -0.25) is 5.41 Å². The molecule has 0 aromatic rings. The van der Waals surface area contributed by atoms with E-state index in [-0.39, 0.29) is 11.8 Å². The zero-order valence-corrected chi connectivity index (χ0v) is 11.5. The molecule has 0 saturated carbocycles. The Morgan fingerprint density at radius 2 is 1.82 bits per heavy atom. The SMILES string of the molecule is CC(C)(C)NS(=O)(=O)N1CCC(C(=N)N)CC1. The van der Waals surface area contributed by atoms with Gasteiger partial charge in [-0.1, -0.05) is 0 Å². The molecule has 0 spiro atoms. The van der Waals surface area contributed by atoms with Gasteiger partial charge >= 0.3 is 0 Å². The third-order valence-electron chi connectivity index (χ3n) is 2.67. The van der Waals surface area contributed by atoms with Gasteiger partial charge in [-0.05, 0) is 33.6 Å². The van der Waals surface area contributed by atoms with E-state index in [1.165, 1.54) is 4.31 Å². The zero-order valence-electron chi connectivity index (χ0n) is 10.7. The van der Waals surface area contributed by atoms with Crippen LogP contribution >= 0.6 is 0 Å². The smallest absolute Gasteiger partial charge is 0.279 e. The predicted octanol–water partition coefficient (Wildman–Crippen LogP) is 0.267. The van der Waals surface area contributed by atoms with Crippen molar-refractivity contribution in [3.05, 3.63) is 0 Å². The number of piperidine rings is 1. The van der Waals surface area contributed by atoms with Crippen molar-refractivity contribution in [2.75, 3.05) is 13.1 Å². The first-order chi connectivity index (χ1) is 7.62. The van der Waals surface area contributed by atoms with Crippen LogP contribution in [0.5, 0.6) is 0 Å². The van der Waals surface area contributed by atoms with Crippen LogP contribution in [0.1, 0.15) is 33.6 Å². The first-order valence-electron chi connectivity index (χ1n) is 5.75. The second-order valence-electron chi connectivity index (χ2n) is 5.49. The van der Waals surface area contributed by atoms with Gasteiger partial charge in [0.05, 0.1) is 5.84 Å². The largest absolute Gasteiger partial charge is 0.387 e. The van der Waals surface area contributed by atoms with E-state index in [1.807, 2.05) is 20.8 Å². The molecular weight excluding hydrogens is 240 g/mol. The van der Waals surface area contributed by atoms with Gasteiger partial charge in [-0.25, -0.2) is 0 Å². The van der Waals surface area contributed by atoms with Crippen LogP contribution in [0.4, 0.5) is 0 Å². The molecule has 0 aromatic heterocycles. The van der Waals surface area contributed by atoms with Gasteiger partial charge in [0.1, 0.15) is 0 Å². The Morgan fingerprint density at radius 1 is 1.35 bits per heavy atom. The molecule has 4 N–H and O–H groups in total. The molecule has 17 heavy (non-hydrogen) atoms. The van der Waals surface area contributed by atoms with Crippen molar-refractivity contribution in [1.82, 2.24) is 9.03 Å². The molecular formula is C10H22N4O2S. The lowest BCUT2D eigenvalue weighted by Gasteiger charge is -2.33. The van der Waals surface area contributed by atoms with E-state index < -0.39 is 15.7 Å². The summed E-state index contributed by atoms with van der Waals surface area (Å²) >= 11 is 0. The molecule has 0 bridgehead atoms. The second-order valence-corrected chi connectivity index (χ2v) is 7.16. The summed E-state index contributed by atoms with van der Waals surface area (Å²) in [6, 6.07) is 0. The molecule has 1 saturated heterocycles. The average Bonchev–Trinajstić information content (AvgIpc) is 2.14. The van der Waals surface area contributed by atoms with Crippen LogP contribution in [0, 0.1) is 11.3 Å². The number of amidine groups is 1. The van der Waals surface area contributed by atoms with Gasteiger partial charge < -0.3 is 5.73 Å². The van der Waals surface area contributed by atoms with E-state index >= 15 is 0 Å². The van der Waals surface area contributed by atoms with Crippen LogP contribution < -0.4 is 10.5 Å². The summed E-state index contributed by atoms with van der Waals surface area (Å²) in [6.07, 6.45) is 1.25. The van der Waals surface area contributed by atoms with E-state index in [9.17, 15) is 8.42 Å². The Bertz CT molecular complexity index is 378. The fourth-order valence-corrected chi connectivity index (χ4v) is 3.45. The molecule has 0 aliphatic carbocycles. The first-order valence-corrected chi connectivity index (χ1v) is 7.19. The van der Waals surface area contributed by atoms with E-state index in [0.717, 1.165) is 0 Å². The summed E-state index contributed by atoms with van der Waals surface area (Å²) in [4.78, 5) is 0. The summed E-state index contributed by atoms with van der Waals surface area (Å²) in [5.74, 6) is 0.182. The van der Waals surface area contributed by atoms with Gasteiger partial charge in [0, 0.05) is 24.5 Å². The maximum Gasteiger partial charge on any atom is 0.279 e. The van der Waals surface area contributed by atoms with Gasteiger partial charge in [-0.15, -0.1) is 0 Å². The molecule has 0 aromatic carbocycles. The van der Waals surface area contributed by atoms with E-state index in [4.69, 9.17) is 11.1 Å². The van der Waals surface area contributed by atoms with Crippen molar-refractivity contribution in [3.63, 3.8) is 0 Å². The molecule has 100 valence electrons. The minimum atomic E-state index is -3.42. The summed E-state index contributed by atoms with van der Waals surface area (Å²) in [5.41, 5.74) is 4.95. The number of hydrogen-bond acceptors (Lipinski definition) is 3. The molecule has 0 radical (unpaired) electrons. The molecule has 0 amide bonds. The number of nitrogens with one attached hydrogen (secondary N) is 2. The minimum Gasteiger partial charge on any atom is -0.387 e. The van der Waals surface area contributed by atoms with Gasteiger partial charge in [0.25, 0.3) is 10.2 Å². The highest BCUT2D eigenvalue weighted by molar-refractivity contribution is 7.87. The van der Waals surface area contributed by atoms with Gasteiger partial charge in [-0.2, -0.15) is 17.4 Å². The Morgan fingerprint density at radius 3 is 2.18 bits per heavy atom. The molecule has 1 fully saturated rings. The molecule has 7 heteroatoms. The highest BCUT2D eigenvalue weighted by Gasteiger charge is 2.31. The Labute approximate surface area is 103 Å². The van der Waals surface area contributed by atoms with Crippen LogP contribution in [-0.2, 0) is 10.2 Å². The number of hydrogen-bond donors (Lipinski definition) is 3. The Kier molecular flexibility index (Phi) is 4.16. The van der Waals surface area contributed by atoms with Crippen molar-refractivity contribution in [2.24, 2.45) is 11.7 Å². The fraction of sp³-hybridized carbons (Fsp3) is 0.900. The summed E-state index contributed by atoms with van der Waals surface area (Å²) in [7, 11) is -3.42. The molecule has 6 nitrogen and oxygen atoms in total. The maximum absolute atomic E-state index is 12.0. The minimum absolute atomic E-state index is 0.0242. The third kappa shape index (κ3) is 4.25. The predicted molar refractivity (Wildman–Crippen MR) is 68.0 cm³/mol. The molecule has 0 unspecified atom stereocenters. The highest BCUT2D eigenvalue weighted by atomic mass is 32.2. The standard InChI is InChI=1S/C10H22N4O2S/c1-10(2,3)13-17(15,16)14-6-4-8(5-7-14)9(11)12/h8,13H,4-7H2,1-3H3,(H3,11,12). The average molecular weight is 262 g/mol. The van der Waals surface area contributed by atoms with E-state index in [0.29, 0.717) is 25.9 Å². The number of rotatable bonds is 3. The van der Waals surface area contributed by atoms with Crippen LogP contribution in [0.15, 0.2) is 0 Å². The molecule has 1 aliphatic rings. The van der Waals surface area contributed by atoms with Gasteiger partial charge in [0.15, 0.2) is 0 Å². The molecule has 1 rings (SSSR count). The Hall–Kier alpha value is -0.660. The summed E-state index contributed by atoms with van der Waals surface area (Å²) < 4.78 is 28.1. The van der Waals surface area contributed by atoms with Crippen molar-refractivity contribution >= 4 is 16.0 Å². The molecule has 1 aliphatic heterocycles. The number of nitrogens with two attached hydrogens (primary N) is 1. The first kappa shape index (κ1) is 14.4. The van der Waals surface area contributed by atoms with Crippen molar-refractivity contribution in [2.45, 2.75) is 39.2 Å². The maximum atomic E-state index is 12.0. The summed E-state index contributed by atoms with van der Waals surface area (Å²) in [5, 5.41) is 7.35.